The highest BCUT2D eigenvalue weighted by Gasteiger charge is 2.35. The molecule has 2 aromatic carbocycles. The molecule has 6 heteroatoms. The van der Waals surface area contributed by atoms with Crippen molar-refractivity contribution in [3.8, 4) is 11.5 Å². The topological polar surface area (TPSA) is 67.9 Å². The van der Waals surface area contributed by atoms with E-state index in [0.29, 0.717) is 19.7 Å². The van der Waals surface area contributed by atoms with E-state index in [1.165, 1.54) is 0 Å². The van der Waals surface area contributed by atoms with Gasteiger partial charge in [-0.3, -0.25) is 9.59 Å². The molecule has 1 fully saturated rings. The standard InChI is InChI=1S/C24H30N2O4/c1-5-30-22-11-6-16(2)12-21(22)17(3)25-24(28)19-13-23(27)26(15-19)14-18-7-9-20(29-4)10-8-18/h6-12,17,19H,5,13-15H2,1-4H3,(H,25,28). The molecular formula is C24H30N2O4. The summed E-state index contributed by atoms with van der Waals surface area (Å²) in [6.07, 6.45) is 0.237. The van der Waals surface area contributed by atoms with Gasteiger partial charge in [0.1, 0.15) is 11.5 Å². The third kappa shape index (κ3) is 5.12. The first-order valence-electron chi connectivity index (χ1n) is 10.4. The van der Waals surface area contributed by atoms with Crippen molar-refractivity contribution < 1.29 is 19.1 Å². The zero-order valence-corrected chi connectivity index (χ0v) is 18.1. The Hall–Kier alpha value is -3.02. The Morgan fingerprint density at radius 2 is 1.97 bits per heavy atom. The second-order valence-corrected chi connectivity index (χ2v) is 7.73. The van der Waals surface area contributed by atoms with E-state index >= 15 is 0 Å². The highest BCUT2D eigenvalue weighted by molar-refractivity contribution is 5.89. The van der Waals surface area contributed by atoms with Crippen LogP contribution in [0.15, 0.2) is 42.5 Å². The predicted molar refractivity (Wildman–Crippen MR) is 115 cm³/mol. The number of likely N-dealkylation sites (tertiary alicyclic amines) is 1. The molecule has 2 aromatic rings. The molecule has 3 rings (SSSR count). The van der Waals surface area contributed by atoms with Gasteiger partial charge >= 0.3 is 0 Å². The minimum Gasteiger partial charge on any atom is -0.497 e. The van der Waals surface area contributed by atoms with Crippen molar-refractivity contribution >= 4 is 11.8 Å². The molecule has 1 aliphatic heterocycles. The molecule has 0 spiro atoms. The van der Waals surface area contributed by atoms with Crippen molar-refractivity contribution in [3.63, 3.8) is 0 Å². The first-order chi connectivity index (χ1) is 14.4. The maximum absolute atomic E-state index is 12.9. The summed E-state index contributed by atoms with van der Waals surface area (Å²) in [6, 6.07) is 13.4. The molecule has 0 aromatic heterocycles. The van der Waals surface area contributed by atoms with Crippen molar-refractivity contribution in [2.45, 2.75) is 39.8 Å². The molecule has 1 heterocycles. The zero-order chi connectivity index (χ0) is 21.7. The maximum Gasteiger partial charge on any atom is 0.225 e. The maximum atomic E-state index is 12.9. The van der Waals surface area contributed by atoms with Gasteiger partial charge in [0.25, 0.3) is 0 Å². The molecule has 0 aliphatic carbocycles. The molecule has 0 radical (unpaired) electrons. The van der Waals surface area contributed by atoms with Crippen LogP contribution in [0.5, 0.6) is 11.5 Å². The van der Waals surface area contributed by atoms with E-state index in [1.54, 1.807) is 12.0 Å². The summed E-state index contributed by atoms with van der Waals surface area (Å²) in [5.41, 5.74) is 3.07. The van der Waals surface area contributed by atoms with E-state index in [0.717, 1.165) is 28.2 Å². The van der Waals surface area contributed by atoms with Gasteiger partial charge in [0, 0.05) is 25.1 Å². The SMILES string of the molecule is CCOc1ccc(C)cc1C(C)NC(=O)C1CC(=O)N(Cc2ccc(OC)cc2)C1. The quantitative estimate of drug-likeness (QED) is 0.722. The van der Waals surface area contributed by atoms with Gasteiger partial charge in [0.05, 0.1) is 25.7 Å². The van der Waals surface area contributed by atoms with E-state index in [2.05, 4.69) is 5.32 Å². The number of nitrogens with one attached hydrogen (secondary N) is 1. The van der Waals surface area contributed by atoms with Crippen LogP contribution in [0.4, 0.5) is 0 Å². The Balaban J connectivity index is 1.62. The summed E-state index contributed by atoms with van der Waals surface area (Å²) in [4.78, 5) is 27.1. The lowest BCUT2D eigenvalue weighted by Crippen LogP contribution is -2.34. The number of carbonyl (C=O) groups is 2. The lowest BCUT2D eigenvalue weighted by atomic mass is 10.0. The normalized spacial score (nSPS) is 17.0. The van der Waals surface area contributed by atoms with E-state index in [-0.39, 0.29) is 30.2 Å². The van der Waals surface area contributed by atoms with E-state index in [4.69, 9.17) is 9.47 Å². The molecule has 1 saturated heterocycles. The average Bonchev–Trinajstić information content (AvgIpc) is 3.10. The molecule has 2 amide bonds. The van der Waals surface area contributed by atoms with Crippen LogP contribution in [0, 0.1) is 12.8 Å². The highest BCUT2D eigenvalue weighted by Crippen LogP contribution is 2.28. The highest BCUT2D eigenvalue weighted by atomic mass is 16.5. The first-order valence-corrected chi connectivity index (χ1v) is 10.4. The third-order valence-corrected chi connectivity index (χ3v) is 5.41. The molecule has 6 nitrogen and oxygen atoms in total. The molecular weight excluding hydrogens is 380 g/mol. The van der Waals surface area contributed by atoms with Crippen molar-refractivity contribution in [2.24, 2.45) is 5.92 Å². The van der Waals surface area contributed by atoms with Crippen LogP contribution in [0.2, 0.25) is 0 Å². The van der Waals surface area contributed by atoms with Crippen LogP contribution in [0.25, 0.3) is 0 Å². The van der Waals surface area contributed by atoms with Crippen LogP contribution in [-0.2, 0) is 16.1 Å². The van der Waals surface area contributed by atoms with Gasteiger partial charge in [-0.1, -0.05) is 29.8 Å². The average molecular weight is 411 g/mol. The van der Waals surface area contributed by atoms with Crippen molar-refractivity contribution in [3.05, 3.63) is 59.2 Å². The Morgan fingerprint density at radius 3 is 2.63 bits per heavy atom. The summed E-state index contributed by atoms with van der Waals surface area (Å²) in [6.45, 7) is 7.38. The summed E-state index contributed by atoms with van der Waals surface area (Å²) in [5, 5.41) is 3.07. The summed E-state index contributed by atoms with van der Waals surface area (Å²) in [7, 11) is 1.62. The number of hydrogen-bond acceptors (Lipinski definition) is 4. The number of benzene rings is 2. The number of nitrogens with zero attached hydrogens (tertiary/aromatic N) is 1. The fourth-order valence-electron chi connectivity index (χ4n) is 3.75. The number of carbonyl (C=O) groups excluding carboxylic acids is 2. The summed E-state index contributed by atoms with van der Waals surface area (Å²) >= 11 is 0. The van der Waals surface area contributed by atoms with Crippen LogP contribution in [-0.4, -0.2) is 37.0 Å². The molecule has 1 N–H and O–H groups in total. The Kier molecular flexibility index (Phi) is 6.98. The van der Waals surface area contributed by atoms with Gasteiger partial charge < -0.3 is 19.7 Å². The largest absolute Gasteiger partial charge is 0.497 e. The van der Waals surface area contributed by atoms with Crippen LogP contribution >= 0.6 is 0 Å². The smallest absolute Gasteiger partial charge is 0.225 e. The molecule has 0 saturated carbocycles. The van der Waals surface area contributed by atoms with Gasteiger partial charge in [-0.15, -0.1) is 0 Å². The number of hydrogen-bond donors (Lipinski definition) is 1. The Labute approximate surface area is 178 Å². The number of methoxy groups -OCH3 is 1. The van der Waals surface area contributed by atoms with Gasteiger partial charge in [-0.05, 0) is 44.5 Å². The van der Waals surface area contributed by atoms with E-state index in [9.17, 15) is 9.59 Å². The lowest BCUT2D eigenvalue weighted by molar-refractivity contribution is -0.129. The lowest BCUT2D eigenvalue weighted by Gasteiger charge is -2.21. The second-order valence-electron chi connectivity index (χ2n) is 7.73. The molecule has 2 unspecified atom stereocenters. The molecule has 1 aliphatic rings. The second kappa shape index (κ2) is 9.65. The molecule has 160 valence electrons. The van der Waals surface area contributed by atoms with Crippen LogP contribution < -0.4 is 14.8 Å². The van der Waals surface area contributed by atoms with Gasteiger partial charge in [0.15, 0.2) is 0 Å². The van der Waals surface area contributed by atoms with Gasteiger partial charge in [0.2, 0.25) is 11.8 Å². The van der Waals surface area contributed by atoms with Crippen molar-refractivity contribution in [1.29, 1.82) is 0 Å². The minimum atomic E-state index is -0.349. The van der Waals surface area contributed by atoms with E-state index in [1.807, 2.05) is 63.2 Å². The van der Waals surface area contributed by atoms with Crippen LogP contribution in [0.3, 0.4) is 0 Å². The number of amides is 2. The molecule has 30 heavy (non-hydrogen) atoms. The summed E-state index contributed by atoms with van der Waals surface area (Å²) in [5.74, 6) is 1.11. The Morgan fingerprint density at radius 1 is 1.23 bits per heavy atom. The third-order valence-electron chi connectivity index (χ3n) is 5.41. The fourth-order valence-corrected chi connectivity index (χ4v) is 3.75. The molecule has 2 atom stereocenters. The van der Waals surface area contributed by atoms with Crippen LogP contribution in [0.1, 0.15) is 43.0 Å². The number of ether oxygens (including phenoxy) is 2. The van der Waals surface area contributed by atoms with Gasteiger partial charge in [-0.25, -0.2) is 0 Å². The fraction of sp³-hybridized carbons (Fsp3) is 0.417. The van der Waals surface area contributed by atoms with Crippen molar-refractivity contribution in [2.75, 3.05) is 20.3 Å². The monoisotopic (exact) mass is 410 g/mol. The minimum absolute atomic E-state index is 0.00387. The number of aryl methyl sites for hydroxylation is 1. The summed E-state index contributed by atoms with van der Waals surface area (Å²) < 4.78 is 10.9. The predicted octanol–water partition coefficient (Wildman–Crippen LogP) is 3.63. The molecule has 0 bridgehead atoms. The van der Waals surface area contributed by atoms with Gasteiger partial charge in [-0.2, -0.15) is 0 Å². The van der Waals surface area contributed by atoms with Crippen molar-refractivity contribution in [1.82, 2.24) is 10.2 Å². The zero-order valence-electron chi connectivity index (χ0n) is 18.1. The number of rotatable bonds is 8. The first kappa shape index (κ1) is 21.7. The Bertz CT molecular complexity index is 895. The van der Waals surface area contributed by atoms with E-state index < -0.39 is 0 Å².